The first-order valence-corrected chi connectivity index (χ1v) is 7.86. The van der Waals surface area contributed by atoms with E-state index in [0.29, 0.717) is 12.3 Å². The van der Waals surface area contributed by atoms with E-state index in [0.717, 1.165) is 24.3 Å². The molecule has 1 aromatic rings. The zero-order valence-corrected chi connectivity index (χ0v) is 12.1. The van der Waals surface area contributed by atoms with Crippen molar-refractivity contribution in [1.82, 2.24) is 0 Å². The van der Waals surface area contributed by atoms with Gasteiger partial charge in [0.15, 0.2) is 23.4 Å². The van der Waals surface area contributed by atoms with Crippen molar-refractivity contribution in [1.29, 1.82) is 0 Å². The molecule has 1 spiro atoms. The van der Waals surface area contributed by atoms with Gasteiger partial charge in [0.2, 0.25) is 0 Å². The van der Waals surface area contributed by atoms with E-state index < -0.39 is 0 Å². The lowest BCUT2D eigenvalue weighted by Gasteiger charge is -2.49. The first kappa shape index (κ1) is 11.8. The molecule has 1 heterocycles. The highest BCUT2D eigenvalue weighted by Gasteiger charge is 2.61. The Balaban J connectivity index is 1.87. The molecule has 3 heteroatoms. The summed E-state index contributed by atoms with van der Waals surface area (Å²) in [5.41, 5.74) is 3.94. The fraction of sp³-hybridized carbons (Fsp3) is 0.500. The molecule has 0 N–H and O–H groups in total. The van der Waals surface area contributed by atoms with Gasteiger partial charge in [0.25, 0.3) is 0 Å². The highest BCUT2D eigenvalue weighted by Crippen LogP contribution is 2.63. The van der Waals surface area contributed by atoms with E-state index in [4.69, 9.17) is 9.47 Å². The first-order valence-electron chi connectivity index (χ1n) is 7.86. The van der Waals surface area contributed by atoms with Crippen LogP contribution in [0.5, 0.6) is 11.5 Å². The van der Waals surface area contributed by atoms with Crippen molar-refractivity contribution in [3.63, 3.8) is 0 Å². The van der Waals surface area contributed by atoms with E-state index in [-0.39, 0.29) is 17.3 Å². The highest BCUT2D eigenvalue weighted by atomic mass is 16.5. The molecule has 2 bridgehead atoms. The number of Topliss-reactive ketones (excluding diaryl/α,β-unsaturated/α-hetero) is 1. The molecular formula is C18H18O3. The molecule has 1 fully saturated rings. The van der Waals surface area contributed by atoms with E-state index >= 15 is 0 Å². The highest BCUT2D eigenvalue weighted by molar-refractivity contribution is 5.92. The summed E-state index contributed by atoms with van der Waals surface area (Å²) in [6.07, 6.45) is 6.99. The topological polar surface area (TPSA) is 35.5 Å². The van der Waals surface area contributed by atoms with Crippen molar-refractivity contribution in [2.45, 2.75) is 43.6 Å². The van der Waals surface area contributed by atoms with Crippen LogP contribution in [0.25, 0.3) is 0 Å². The maximum atomic E-state index is 12.5. The van der Waals surface area contributed by atoms with Crippen LogP contribution >= 0.6 is 0 Å². The smallest absolute Gasteiger partial charge is 0.178 e. The van der Waals surface area contributed by atoms with Gasteiger partial charge in [-0.1, -0.05) is 24.1 Å². The van der Waals surface area contributed by atoms with Crippen LogP contribution in [-0.2, 0) is 16.6 Å². The Morgan fingerprint density at radius 2 is 2.29 bits per heavy atom. The lowest BCUT2D eigenvalue weighted by molar-refractivity contribution is -0.127. The van der Waals surface area contributed by atoms with Crippen LogP contribution in [0.2, 0.25) is 0 Å². The molecule has 3 nitrogen and oxygen atoms in total. The molecule has 0 amide bonds. The van der Waals surface area contributed by atoms with Gasteiger partial charge in [-0.15, -0.1) is 0 Å². The number of hydrogen-bond acceptors (Lipinski definition) is 3. The molecule has 1 aliphatic heterocycles. The Hall–Kier alpha value is -1.77. The van der Waals surface area contributed by atoms with E-state index in [2.05, 4.69) is 12.1 Å². The minimum Gasteiger partial charge on any atom is -0.493 e. The third kappa shape index (κ3) is 1.20. The molecular weight excluding hydrogens is 264 g/mol. The quantitative estimate of drug-likeness (QED) is 0.743. The lowest BCUT2D eigenvalue weighted by Crippen LogP contribution is -2.53. The molecule has 1 aromatic carbocycles. The van der Waals surface area contributed by atoms with E-state index in [1.165, 1.54) is 29.5 Å². The largest absolute Gasteiger partial charge is 0.493 e. The van der Waals surface area contributed by atoms with Crippen molar-refractivity contribution in [2.75, 3.05) is 7.11 Å². The van der Waals surface area contributed by atoms with Gasteiger partial charge >= 0.3 is 0 Å². The van der Waals surface area contributed by atoms with E-state index in [1.54, 1.807) is 7.11 Å². The van der Waals surface area contributed by atoms with Gasteiger partial charge in [0.05, 0.1) is 12.5 Å². The maximum absolute atomic E-state index is 12.5. The Morgan fingerprint density at radius 3 is 3.14 bits per heavy atom. The van der Waals surface area contributed by atoms with Gasteiger partial charge in [0, 0.05) is 12.0 Å². The summed E-state index contributed by atoms with van der Waals surface area (Å²) in [7, 11) is 1.67. The van der Waals surface area contributed by atoms with Crippen LogP contribution in [0, 0.1) is 5.92 Å². The number of rotatable bonds is 1. The molecule has 4 aliphatic rings. The van der Waals surface area contributed by atoms with Crippen molar-refractivity contribution < 1.29 is 14.3 Å². The summed E-state index contributed by atoms with van der Waals surface area (Å²) in [5, 5.41) is 0. The van der Waals surface area contributed by atoms with Gasteiger partial charge in [0.1, 0.15) is 0 Å². The second kappa shape index (κ2) is 3.70. The summed E-state index contributed by atoms with van der Waals surface area (Å²) in [4.78, 5) is 12.5. The first-order chi connectivity index (χ1) is 10.3. The number of benzene rings is 1. The van der Waals surface area contributed by atoms with E-state index in [1.807, 2.05) is 6.07 Å². The normalized spacial score (nSPS) is 34.9. The number of carbonyl (C=O) groups excluding carboxylic acids is 1. The zero-order chi connectivity index (χ0) is 14.2. The van der Waals surface area contributed by atoms with Crippen LogP contribution in [-0.4, -0.2) is 19.0 Å². The van der Waals surface area contributed by atoms with Crippen molar-refractivity contribution in [3.05, 3.63) is 34.9 Å². The van der Waals surface area contributed by atoms with Gasteiger partial charge < -0.3 is 9.47 Å². The minimum atomic E-state index is -0.314. The number of allylic oxidation sites excluding steroid dienone is 1. The molecule has 3 aliphatic carbocycles. The number of carbonyl (C=O) groups is 1. The predicted octanol–water partition coefficient (Wildman–Crippen LogP) is 2.95. The number of ether oxygens (including phenoxy) is 2. The second-order valence-corrected chi connectivity index (χ2v) is 6.72. The van der Waals surface area contributed by atoms with Crippen LogP contribution in [0.1, 0.15) is 36.8 Å². The number of hydrogen-bond donors (Lipinski definition) is 0. The summed E-state index contributed by atoms with van der Waals surface area (Å²) in [6.45, 7) is 0. The molecule has 0 aromatic heterocycles. The van der Waals surface area contributed by atoms with Crippen molar-refractivity contribution in [2.24, 2.45) is 5.92 Å². The SMILES string of the molecule is COc1ccc2c3c1O[C@H]1C(=O)CC=C4[C@H](CCC[C@]431)C2. The predicted molar refractivity (Wildman–Crippen MR) is 77.8 cm³/mol. The molecule has 5 rings (SSSR count). The molecule has 0 unspecified atom stereocenters. The Labute approximate surface area is 123 Å². The standard InChI is InChI=1S/C18H18O3/c1-20-14-7-4-11-9-10-3-2-8-18-12(10)5-6-13(19)17(18)21-16(14)15(11)18/h4-5,7,10,17H,2-3,6,8-9H2,1H3/t10-,17+,18+/m1/s1. The maximum Gasteiger partial charge on any atom is 0.178 e. The Morgan fingerprint density at radius 1 is 1.38 bits per heavy atom. The third-order valence-electron chi connectivity index (χ3n) is 5.92. The molecule has 3 atom stereocenters. The molecule has 0 radical (unpaired) electrons. The van der Waals surface area contributed by atoms with Crippen LogP contribution in [0.3, 0.4) is 0 Å². The Kier molecular flexibility index (Phi) is 2.09. The molecule has 1 saturated carbocycles. The third-order valence-corrected chi connectivity index (χ3v) is 5.92. The van der Waals surface area contributed by atoms with Crippen molar-refractivity contribution in [3.8, 4) is 11.5 Å². The van der Waals surface area contributed by atoms with E-state index in [9.17, 15) is 4.79 Å². The lowest BCUT2D eigenvalue weighted by atomic mass is 9.52. The fourth-order valence-corrected chi connectivity index (χ4v) is 5.22. The number of methoxy groups -OCH3 is 1. The Bertz CT molecular complexity index is 703. The second-order valence-electron chi connectivity index (χ2n) is 6.72. The van der Waals surface area contributed by atoms with Gasteiger partial charge in [-0.05, 0) is 36.8 Å². The fourth-order valence-electron chi connectivity index (χ4n) is 5.22. The molecule has 108 valence electrons. The average molecular weight is 282 g/mol. The molecule has 0 saturated heterocycles. The minimum absolute atomic E-state index is 0.171. The number of ketones is 1. The van der Waals surface area contributed by atoms with Crippen LogP contribution < -0.4 is 9.47 Å². The monoisotopic (exact) mass is 282 g/mol. The zero-order valence-electron chi connectivity index (χ0n) is 12.1. The summed E-state index contributed by atoms with van der Waals surface area (Å²) < 4.78 is 11.7. The summed E-state index contributed by atoms with van der Waals surface area (Å²) in [5.74, 6) is 2.44. The van der Waals surface area contributed by atoms with Crippen molar-refractivity contribution >= 4 is 5.78 Å². The van der Waals surface area contributed by atoms with Crippen LogP contribution in [0.15, 0.2) is 23.8 Å². The molecule has 21 heavy (non-hydrogen) atoms. The summed E-state index contributed by atoms with van der Waals surface area (Å²) in [6, 6.07) is 4.18. The summed E-state index contributed by atoms with van der Waals surface area (Å²) >= 11 is 0. The van der Waals surface area contributed by atoms with Gasteiger partial charge in [-0.25, -0.2) is 0 Å². The van der Waals surface area contributed by atoms with Gasteiger partial charge in [-0.2, -0.15) is 0 Å². The van der Waals surface area contributed by atoms with Crippen LogP contribution in [0.4, 0.5) is 0 Å². The van der Waals surface area contributed by atoms with Gasteiger partial charge in [-0.3, -0.25) is 4.79 Å². The average Bonchev–Trinajstić information content (AvgIpc) is 2.83.